The van der Waals surface area contributed by atoms with Crippen molar-refractivity contribution in [2.24, 2.45) is 7.05 Å². The minimum absolute atomic E-state index is 0.0279. The molecule has 0 aliphatic carbocycles. The molecule has 2 aromatic rings. The van der Waals surface area contributed by atoms with Gasteiger partial charge in [0, 0.05) is 37.8 Å². The van der Waals surface area contributed by atoms with Gasteiger partial charge in [-0.05, 0) is 19.8 Å². The third kappa shape index (κ3) is 3.14. The molecule has 0 saturated carbocycles. The number of nitrogens with zero attached hydrogens (tertiary/aromatic N) is 3. The van der Waals surface area contributed by atoms with E-state index in [1.165, 1.54) is 10.5 Å². The summed E-state index contributed by atoms with van der Waals surface area (Å²) in [4.78, 5) is 16.6. The minimum atomic E-state index is -3.67. The summed E-state index contributed by atoms with van der Waals surface area (Å²) in [5.74, 6) is 0.615. The highest BCUT2D eigenvalue weighted by atomic mass is 32.2. The summed E-state index contributed by atoms with van der Waals surface area (Å²) < 4.78 is 28.9. The van der Waals surface area contributed by atoms with Crippen molar-refractivity contribution in [3.05, 3.63) is 47.9 Å². The number of hydrogen-bond acceptors (Lipinski definition) is 4. The maximum absolute atomic E-state index is 12.9. The number of carbonyl (C=O) groups excluding carboxylic acids is 1. The SMILES string of the molecule is Cc1nc(S(=O)(=O)N2CCC[C@H]2CC(=O)c2ccccc2)cn1C. The Balaban J connectivity index is 1.81. The van der Waals surface area contributed by atoms with Crippen LogP contribution in [0.15, 0.2) is 41.6 Å². The van der Waals surface area contributed by atoms with E-state index in [9.17, 15) is 13.2 Å². The lowest BCUT2D eigenvalue weighted by Crippen LogP contribution is -2.37. The van der Waals surface area contributed by atoms with Gasteiger partial charge in [0.2, 0.25) is 0 Å². The number of hydrogen-bond donors (Lipinski definition) is 0. The molecule has 1 atom stereocenters. The molecule has 6 nitrogen and oxygen atoms in total. The molecule has 2 heterocycles. The number of benzene rings is 1. The molecule has 128 valence electrons. The average Bonchev–Trinajstić information content (AvgIpc) is 3.16. The molecule has 3 rings (SSSR count). The molecule has 0 bridgehead atoms. The van der Waals surface area contributed by atoms with E-state index in [0.717, 1.165) is 6.42 Å². The van der Waals surface area contributed by atoms with E-state index in [2.05, 4.69) is 4.98 Å². The first-order valence-electron chi connectivity index (χ1n) is 7.99. The molecule has 0 N–H and O–H groups in total. The van der Waals surface area contributed by atoms with Crippen LogP contribution in [0.3, 0.4) is 0 Å². The number of Topliss-reactive ketones (excluding diaryl/α,β-unsaturated/α-hetero) is 1. The Kier molecular flexibility index (Phi) is 4.56. The van der Waals surface area contributed by atoms with Gasteiger partial charge in [-0.15, -0.1) is 0 Å². The van der Waals surface area contributed by atoms with Gasteiger partial charge in [-0.3, -0.25) is 4.79 Å². The summed E-state index contributed by atoms with van der Waals surface area (Å²) in [6, 6.07) is 8.70. The van der Waals surface area contributed by atoms with Crippen molar-refractivity contribution in [3.8, 4) is 0 Å². The largest absolute Gasteiger partial charge is 0.337 e. The van der Waals surface area contributed by atoms with Crippen LogP contribution in [0.1, 0.15) is 35.4 Å². The lowest BCUT2D eigenvalue weighted by molar-refractivity contribution is 0.0961. The molecule has 1 aromatic carbocycles. The van der Waals surface area contributed by atoms with E-state index in [-0.39, 0.29) is 23.3 Å². The maximum atomic E-state index is 12.9. The van der Waals surface area contributed by atoms with Crippen LogP contribution >= 0.6 is 0 Å². The number of carbonyl (C=O) groups is 1. The Morgan fingerprint density at radius 3 is 2.62 bits per heavy atom. The monoisotopic (exact) mass is 347 g/mol. The Morgan fingerprint density at radius 1 is 1.29 bits per heavy atom. The normalized spacial score (nSPS) is 18.8. The Hall–Kier alpha value is -1.99. The van der Waals surface area contributed by atoms with Gasteiger partial charge in [0.15, 0.2) is 10.8 Å². The highest BCUT2D eigenvalue weighted by Crippen LogP contribution is 2.28. The summed E-state index contributed by atoms with van der Waals surface area (Å²) in [7, 11) is -1.90. The second-order valence-electron chi connectivity index (χ2n) is 6.14. The van der Waals surface area contributed by atoms with Crippen molar-refractivity contribution >= 4 is 15.8 Å². The first-order valence-corrected chi connectivity index (χ1v) is 9.43. The van der Waals surface area contributed by atoms with Gasteiger partial charge in [-0.25, -0.2) is 13.4 Å². The number of rotatable bonds is 5. The van der Waals surface area contributed by atoms with Gasteiger partial charge in [0.25, 0.3) is 10.0 Å². The lowest BCUT2D eigenvalue weighted by atomic mass is 10.0. The zero-order valence-corrected chi connectivity index (χ0v) is 14.7. The van der Waals surface area contributed by atoms with Gasteiger partial charge in [0.05, 0.1) is 0 Å². The molecule has 1 saturated heterocycles. The first kappa shape index (κ1) is 16.9. The summed E-state index contributed by atoms with van der Waals surface area (Å²) in [6.45, 7) is 2.20. The van der Waals surface area contributed by atoms with Crippen molar-refractivity contribution in [1.29, 1.82) is 0 Å². The van der Waals surface area contributed by atoms with Crippen molar-refractivity contribution < 1.29 is 13.2 Å². The van der Waals surface area contributed by atoms with E-state index >= 15 is 0 Å². The smallest absolute Gasteiger partial charge is 0.262 e. The number of aryl methyl sites for hydroxylation is 2. The van der Waals surface area contributed by atoms with Gasteiger partial charge < -0.3 is 4.57 Å². The summed E-state index contributed by atoms with van der Waals surface area (Å²) in [6.07, 6.45) is 3.19. The fraction of sp³-hybridized carbons (Fsp3) is 0.412. The van der Waals surface area contributed by atoms with Crippen LogP contribution in [-0.2, 0) is 17.1 Å². The predicted molar refractivity (Wildman–Crippen MR) is 90.2 cm³/mol. The predicted octanol–water partition coefficient (Wildman–Crippen LogP) is 2.15. The molecular formula is C17H21N3O3S. The van der Waals surface area contributed by atoms with Crippen LogP contribution in [0, 0.1) is 6.92 Å². The first-order chi connectivity index (χ1) is 11.4. The molecule has 0 amide bonds. The van der Waals surface area contributed by atoms with Crippen LogP contribution in [0.5, 0.6) is 0 Å². The Morgan fingerprint density at radius 2 is 2.00 bits per heavy atom. The molecule has 1 fully saturated rings. The third-order valence-electron chi connectivity index (χ3n) is 4.50. The zero-order valence-electron chi connectivity index (χ0n) is 13.8. The van der Waals surface area contributed by atoms with Crippen LogP contribution < -0.4 is 0 Å². The maximum Gasteiger partial charge on any atom is 0.262 e. The van der Waals surface area contributed by atoms with Gasteiger partial charge in [0.1, 0.15) is 5.82 Å². The Bertz CT molecular complexity index is 824. The van der Waals surface area contributed by atoms with E-state index in [0.29, 0.717) is 24.4 Å². The molecule has 0 unspecified atom stereocenters. The number of aromatic nitrogens is 2. The summed E-state index contributed by atoms with van der Waals surface area (Å²) in [5, 5.41) is 0.0570. The van der Waals surface area contributed by atoms with Crippen LogP contribution in [-0.4, -0.2) is 40.6 Å². The van der Waals surface area contributed by atoms with E-state index in [1.807, 2.05) is 18.2 Å². The third-order valence-corrected chi connectivity index (χ3v) is 6.32. The van der Waals surface area contributed by atoms with Crippen molar-refractivity contribution in [2.45, 2.75) is 37.3 Å². The molecule has 1 aliphatic heterocycles. The standard InChI is InChI=1S/C17H21N3O3S/c1-13-18-17(12-19(13)2)24(22,23)20-10-6-9-15(20)11-16(21)14-7-4-3-5-8-14/h3-5,7-8,12,15H,6,9-11H2,1-2H3/t15-/m0/s1. The molecule has 1 aliphatic rings. The fourth-order valence-corrected chi connectivity index (χ4v) is 4.78. The number of sulfonamides is 1. The fourth-order valence-electron chi connectivity index (χ4n) is 3.06. The van der Waals surface area contributed by atoms with Crippen molar-refractivity contribution in [2.75, 3.05) is 6.54 Å². The Labute approximate surface area is 142 Å². The van der Waals surface area contributed by atoms with Crippen LogP contribution in [0.25, 0.3) is 0 Å². The van der Waals surface area contributed by atoms with Crippen LogP contribution in [0.2, 0.25) is 0 Å². The zero-order chi connectivity index (χ0) is 17.3. The quantitative estimate of drug-likeness (QED) is 0.777. The summed E-state index contributed by atoms with van der Waals surface area (Å²) >= 11 is 0. The van der Waals surface area contributed by atoms with Crippen LogP contribution in [0.4, 0.5) is 0 Å². The van der Waals surface area contributed by atoms with Crippen molar-refractivity contribution in [1.82, 2.24) is 13.9 Å². The lowest BCUT2D eigenvalue weighted by Gasteiger charge is -2.22. The van der Waals surface area contributed by atoms with Gasteiger partial charge in [-0.1, -0.05) is 30.3 Å². The van der Waals surface area contributed by atoms with E-state index < -0.39 is 10.0 Å². The number of ketones is 1. The molecule has 0 radical (unpaired) electrons. The highest BCUT2D eigenvalue weighted by molar-refractivity contribution is 7.89. The second kappa shape index (κ2) is 6.49. The number of imidazole rings is 1. The highest BCUT2D eigenvalue weighted by Gasteiger charge is 2.37. The second-order valence-corrected chi connectivity index (χ2v) is 7.98. The minimum Gasteiger partial charge on any atom is -0.337 e. The molecule has 1 aromatic heterocycles. The molecular weight excluding hydrogens is 326 g/mol. The van der Waals surface area contributed by atoms with Crippen molar-refractivity contribution in [3.63, 3.8) is 0 Å². The topological polar surface area (TPSA) is 72.3 Å². The summed E-state index contributed by atoms with van der Waals surface area (Å²) in [5.41, 5.74) is 0.621. The van der Waals surface area contributed by atoms with E-state index in [4.69, 9.17) is 0 Å². The molecule has 0 spiro atoms. The average molecular weight is 347 g/mol. The van der Waals surface area contributed by atoms with E-state index in [1.54, 1.807) is 30.7 Å². The van der Waals surface area contributed by atoms with Gasteiger partial charge in [-0.2, -0.15) is 4.31 Å². The van der Waals surface area contributed by atoms with Gasteiger partial charge >= 0.3 is 0 Å². The molecule has 24 heavy (non-hydrogen) atoms. The molecule has 7 heteroatoms.